The molecule has 0 saturated carbocycles. The number of anilines is 1. The summed E-state index contributed by atoms with van der Waals surface area (Å²) in [6.07, 6.45) is 0. The molecule has 0 amide bonds. The van der Waals surface area contributed by atoms with Crippen LogP contribution in [0, 0.1) is 12.7 Å². The van der Waals surface area contributed by atoms with Crippen molar-refractivity contribution in [3.05, 3.63) is 63.4 Å². The molecule has 5 heteroatoms. The maximum atomic E-state index is 13.7. The lowest BCUT2D eigenvalue weighted by Crippen LogP contribution is -2.05. The molecular weight excluding hydrogens is 337 g/mol. The Balaban J connectivity index is 2.11. The van der Waals surface area contributed by atoms with Gasteiger partial charge in [0.1, 0.15) is 5.82 Å². The quantitative estimate of drug-likeness (QED) is 0.834. The Morgan fingerprint density at radius 1 is 1.29 bits per heavy atom. The highest BCUT2D eigenvalue weighted by Crippen LogP contribution is 2.20. The van der Waals surface area contributed by atoms with Crippen LogP contribution in [0.2, 0.25) is 0 Å². The van der Waals surface area contributed by atoms with E-state index in [0.717, 1.165) is 11.3 Å². The Kier molecular flexibility index (Phi) is 4.96. The highest BCUT2D eigenvalue weighted by Gasteiger charge is 2.08. The molecule has 2 aromatic rings. The number of carbonyl (C=O) groups is 1. The molecule has 0 fully saturated rings. The highest BCUT2D eigenvalue weighted by atomic mass is 79.9. The maximum absolute atomic E-state index is 13.7. The SMILES string of the molecule is COC(=O)c1ccc(NCc2ccc(Br)cc2F)c(C)c1. The van der Waals surface area contributed by atoms with Crippen molar-refractivity contribution in [1.82, 2.24) is 0 Å². The third-order valence-electron chi connectivity index (χ3n) is 3.13. The molecule has 0 aliphatic heterocycles. The number of hydrogen-bond donors (Lipinski definition) is 1. The molecule has 0 bridgehead atoms. The lowest BCUT2D eigenvalue weighted by Gasteiger charge is -2.11. The van der Waals surface area contributed by atoms with Crippen LogP contribution in [-0.4, -0.2) is 13.1 Å². The largest absolute Gasteiger partial charge is 0.465 e. The Bertz CT molecular complexity index is 673. The first kappa shape index (κ1) is 15.5. The summed E-state index contributed by atoms with van der Waals surface area (Å²) < 4.78 is 19.1. The van der Waals surface area contributed by atoms with Crippen LogP contribution in [0.1, 0.15) is 21.5 Å². The first-order valence-electron chi connectivity index (χ1n) is 6.38. The fourth-order valence-electron chi connectivity index (χ4n) is 1.96. The Labute approximate surface area is 131 Å². The minimum atomic E-state index is -0.372. The molecule has 21 heavy (non-hydrogen) atoms. The minimum absolute atomic E-state index is 0.263. The molecule has 0 heterocycles. The minimum Gasteiger partial charge on any atom is -0.465 e. The number of benzene rings is 2. The standard InChI is InChI=1S/C16H15BrFNO2/c1-10-7-11(16(20)21-2)4-6-15(10)19-9-12-3-5-13(17)8-14(12)18/h3-8,19H,9H2,1-2H3. The number of halogens is 2. The number of methoxy groups -OCH3 is 1. The van der Waals surface area contributed by atoms with Gasteiger partial charge in [0, 0.05) is 22.3 Å². The average molecular weight is 352 g/mol. The normalized spacial score (nSPS) is 10.3. The number of ether oxygens (including phenoxy) is 1. The fraction of sp³-hybridized carbons (Fsp3) is 0.188. The summed E-state index contributed by atoms with van der Waals surface area (Å²) in [6.45, 7) is 2.25. The first-order chi connectivity index (χ1) is 10.0. The van der Waals surface area contributed by atoms with E-state index in [1.165, 1.54) is 13.2 Å². The number of rotatable bonds is 4. The molecule has 0 atom stereocenters. The van der Waals surface area contributed by atoms with Crippen LogP contribution in [0.4, 0.5) is 10.1 Å². The summed E-state index contributed by atoms with van der Waals surface area (Å²) in [5.41, 5.74) is 2.82. The van der Waals surface area contributed by atoms with E-state index in [9.17, 15) is 9.18 Å². The van der Waals surface area contributed by atoms with Gasteiger partial charge in [-0.1, -0.05) is 22.0 Å². The summed E-state index contributed by atoms with van der Waals surface area (Å²) in [5, 5.41) is 3.17. The van der Waals surface area contributed by atoms with Crippen LogP contribution < -0.4 is 5.32 Å². The van der Waals surface area contributed by atoms with Crippen molar-refractivity contribution in [2.45, 2.75) is 13.5 Å². The van der Waals surface area contributed by atoms with Crippen molar-refractivity contribution < 1.29 is 13.9 Å². The van der Waals surface area contributed by atoms with Gasteiger partial charge in [-0.25, -0.2) is 9.18 Å². The van der Waals surface area contributed by atoms with Crippen molar-refractivity contribution in [3.8, 4) is 0 Å². The second kappa shape index (κ2) is 6.72. The van der Waals surface area contributed by atoms with Gasteiger partial charge in [0.05, 0.1) is 12.7 Å². The van der Waals surface area contributed by atoms with Crippen molar-refractivity contribution in [3.63, 3.8) is 0 Å². The molecule has 0 radical (unpaired) electrons. The number of esters is 1. The third kappa shape index (κ3) is 3.82. The van der Waals surface area contributed by atoms with Crippen molar-refractivity contribution in [1.29, 1.82) is 0 Å². The average Bonchev–Trinajstić information content (AvgIpc) is 2.46. The summed E-state index contributed by atoms with van der Waals surface area (Å²) in [5.74, 6) is -0.635. The molecule has 0 aliphatic rings. The van der Waals surface area contributed by atoms with Gasteiger partial charge in [-0.3, -0.25) is 0 Å². The van der Waals surface area contributed by atoms with Crippen LogP contribution >= 0.6 is 15.9 Å². The molecular formula is C16H15BrFNO2. The number of nitrogens with one attached hydrogen (secondary N) is 1. The highest BCUT2D eigenvalue weighted by molar-refractivity contribution is 9.10. The molecule has 2 aromatic carbocycles. The lowest BCUT2D eigenvalue weighted by molar-refractivity contribution is 0.0600. The monoisotopic (exact) mass is 351 g/mol. The number of aryl methyl sites for hydroxylation is 1. The predicted molar refractivity (Wildman–Crippen MR) is 83.9 cm³/mol. The van der Waals surface area contributed by atoms with E-state index in [1.54, 1.807) is 30.3 Å². The molecule has 0 spiro atoms. The van der Waals surface area contributed by atoms with E-state index in [-0.39, 0.29) is 11.8 Å². The van der Waals surface area contributed by atoms with Gasteiger partial charge in [-0.2, -0.15) is 0 Å². The molecule has 0 aromatic heterocycles. The Morgan fingerprint density at radius 2 is 2.05 bits per heavy atom. The summed E-state index contributed by atoms with van der Waals surface area (Å²) in [4.78, 5) is 11.4. The molecule has 1 N–H and O–H groups in total. The summed E-state index contributed by atoms with van der Waals surface area (Å²) in [7, 11) is 1.35. The van der Waals surface area contributed by atoms with E-state index >= 15 is 0 Å². The van der Waals surface area contributed by atoms with E-state index < -0.39 is 0 Å². The zero-order valence-corrected chi connectivity index (χ0v) is 13.3. The lowest BCUT2D eigenvalue weighted by atomic mass is 10.1. The van der Waals surface area contributed by atoms with E-state index in [0.29, 0.717) is 22.1 Å². The zero-order valence-electron chi connectivity index (χ0n) is 11.7. The smallest absolute Gasteiger partial charge is 0.337 e. The van der Waals surface area contributed by atoms with Gasteiger partial charge < -0.3 is 10.1 Å². The molecule has 0 unspecified atom stereocenters. The fourth-order valence-corrected chi connectivity index (χ4v) is 2.30. The van der Waals surface area contributed by atoms with Gasteiger partial charge in [-0.05, 0) is 42.8 Å². The third-order valence-corrected chi connectivity index (χ3v) is 3.63. The molecule has 2 rings (SSSR count). The predicted octanol–water partition coefficient (Wildman–Crippen LogP) is 4.30. The van der Waals surface area contributed by atoms with E-state index in [1.807, 2.05) is 6.92 Å². The van der Waals surface area contributed by atoms with Crippen LogP contribution in [0.3, 0.4) is 0 Å². The second-order valence-electron chi connectivity index (χ2n) is 4.61. The maximum Gasteiger partial charge on any atom is 0.337 e. The number of hydrogen-bond acceptors (Lipinski definition) is 3. The van der Waals surface area contributed by atoms with Gasteiger partial charge in [0.2, 0.25) is 0 Å². The second-order valence-corrected chi connectivity index (χ2v) is 5.53. The first-order valence-corrected chi connectivity index (χ1v) is 7.17. The van der Waals surface area contributed by atoms with Crippen LogP contribution in [0.15, 0.2) is 40.9 Å². The Hall–Kier alpha value is -1.88. The van der Waals surface area contributed by atoms with E-state index in [2.05, 4.69) is 26.0 Å². The topological polar surface area (TPSA) is 38.3 Å². The van der Waals surface area contributed by atoms with Crippen molar-refractivity contribution >= 4 is 27.6 Å². The van der Waals surface area contributed by atoms with Gasteiger partial charge in [0.25, 0.3) is 0 Å². The van der Waals surface area contributed by atoms with Crippen LogP contribution in [-0.2, 0) is 11.3 Å². The zero-order chi connectivity index (χ0) is 15.4. The molecule has 0 saturated heterocycles. The number of carbonyl (C=O) groups excluding carboxylic acids is 1. The summed E-state index contributed by atoms with van der Waals surface area (Å²) >= 11 is 3.23. The van der Waals surface area contributed by atoms with E-state index in [4.69, 9.17) is 0 Å². The van der Waals surface area contributed by atoms with Gasteiger partial charge in [-0.15, -0.1) is 0 Å². The van der Waals surface area contributed by atoms with Crippen molar-refractivity contribution in [2.24, 2.45) is 0 Å². The van der Waals surface area contributed by atoms with Gasteiger partial charge in [0.15, 0.2) is 0 Å². The van der Waals surface area contributed by atoms with Crippen LogP contribution in [0.5, 0.6) is 0 Å². The molecule has 110 valence electrons. The van der Waals surface area contributed by atoms with Crippen LogP contribution in [0.25, 0.3) is 0 Å². The summed E-state index contributed by atoms with van der Waals surface area (Å²) in [6, 6.07) is 10.2. The Morgan fingerprint density at radius 3 is 2.67 bits per heavy atom. The molecule has 3 nitrogen and oxygen atoms in total. The molecule has 0 aliphatic carbocycles. The van der Waals surface area contributed by atoms with Gasteiger partial charge >= 0.3 is 5.97 Å². The van der Waals surface area contributed by atoms with Crippen molar-refractivity contribution in [2.75, 3.05) is 12.4 Å².